The van der Waals surface area contributed by atoms with Gasteiger partial charge in [0.05, 0.1) is 17.6 Å². The van der Waals surface area contributed by atoms with Crippen molar-refractivity contribution < 1.29 is 0 Å². The molecule has 0 bridgehead atoms. The van der Waals surface area contributed by atoms with Crippen molar-refractivity contribution in [2.24, 2.45) is 5.10 Å². The summed E-state index contributed by atoms with van der Waals surface area (Å²) >= 11 is 6.21. The first-order valence-electron chi connectivity index (χ1n) is 13.7. The minimum atomic E-state index is 0.696. The second kappa shape index (κ2) is 12.5. The maximum atomic E-state index is 6.21. The molecule has 6 aromatic rings. The van der Waals surface area contributed by atoms with Gasteiger partial charge < -0.3 is 4.90 Å². The first-order chi connectivity index (χ1) is 20.2. The third-order valence-corrected chi connectivity index (χ3v) is 7.33. The van der Waals surface area contributed by atoms with Crippen molar-refractivity contribution in [1.82, 2.24) is 0 Å². The first kappa shape index (κ1) is 26.4. The molecular weight excluding hydrogens is 522 g/mol. The van der Waals surface area contributed by atoms with Crippen LogP contribution in [-0.4, -0.2) is 6.21 Å². The number of anilines is 3. The van der Waals surface area contributed by atoms with Gasteiger partial charge in [0, 0.05) is 29.2 Å². The molecule has 0 heterocycles. The van der Waals surface area contributed by atoms with Crippen LogP contribution in [0.25, 0.3) is 10.8 Å². The molecule has 0 unspecified atom stereocenters. The molecule has 6 aromatic carbocycles. The Hall–Kier alpha value is -4.86. The fourth-order valence-corrected chi connectivity index (χ4v) is 5.11. The molecule has 0 aliphatic carbocycles. The highest BCUT2D eigenvalue weighted by molar-refractivity contribution is 6.30. The summed E-state index contributed by atoms with van der Waals surface area (Å²) in [5, 5.41) is 9.95. The number of benzene rings is 6. The molecule has 0 aliphatic rings. The van der Waals surface area contributed by atoms with E-state index in [0.717, 1.165) is 35.4 Å². The van der Waals surface area contributed by atoms with E-state index in [2.05, 4.69) is 132 Å². The zero-order valence-corrected chi connectivity index (χ0v) is 23.4. The van der Waals surface area contributed by atoms with Crippen molar-refractivity contribution in [1.29, 1.82) is 0 Å². The van der Waals surface area contributed by atoms with E-state index in [4.69, 9.17) is 16.7 Å². The smallest absolute Gasteiger partial charge is 0.0730 e. The summed E-state index contributed by atoms with van der Waals surface area (Å²) in [6.07, 6.45) is 1.92. The van der Waals surface area contributed by atoms with Gasteiger partial charge in [0.25, 0.3) is 0 Å². The van der Waals surface area contributed by atoms with E-state index in [1.54, 1.807) is 0 Å². The average molecular weight is 552 g/mol. The van der Waals surface area contributed by atoms with Crippen LogP contribution < -0.4 is 9.91 Å². The normalized spacial score (nSPS) is 11.1. The first-order valence-corrected chi connectivity index (χ1v) is 14.1. The van der Waals surface area contributed by atoms with Crippen molar-refractivity contribution in [3.05, 3.63) is 173 Å². The highest BCUT2D eigenvalue weighted by Gasteiger charge is 2.12. The predicted molar refractivity (Wildman–Crippen MR) is 174 cm³/mol. The summed E-state index contributed by atoms with van der Waals surface area (Å²) in [7, 11) is 0. The maximum Gasteiger partial charge on any atom is 0.0730 e. The van der Waals surface area contributed by atoms with Gasteiger partial charge in [-0.15, -0.1) is 0 Å². The fourth-order valence-electron chi connectivity index (χ4n) is 4.98. The monoisotopic (exact) mass is 551 g/mol. The second-order valence-corrected chi connectivity index (χ2v) is 10.4. The Morgan fingerprint density at radius 2 is 1.10 bits per heavy atom. The van der Waals surface area contributed by atoms with Crippen molar-refractivity contribution >= 4 is 45.7 Å². The van der Waals surface area contributed by atoms with E-state index in [0.29, 0.717) is 5.02 Å². The highest BCUT2D eigenvalue weighted by Crippen LogP contribution is 2.33. The summed E-state index contributed by atoms with van der Waals surface area (Å²) in [5.41, 5.74) is 6.70. The summed E-state index contributed by atoms with van der Waals surface area (Å²) < 4.78 is 0. The Morgan fingerprint density at radius 3 is 1.76 bits per heavy atom. The lowest BCUT2D eigenvalue weighted by molar-refractivity contribution is 0.800. The van der Waals surface area contributed by atoms with Crippen LogP contribution >= 0.6 is 11.6 Å². The molecule has 0 atom stereocenters. The van der Waals surface area contributed by atoms with Gasteiger partial charge in [0.2, 0.25) is 0 Å². The van der Waals surface area contributed by atoms with Crippen LogP contribution in [0.5, 0.6) is 0 Å². The van der Waals surface area contributed by atoms with E-state index < -0.39 is 0 Å². The van der Waals surface area contributed by atoms with Crippen LogP contribution in [0.4, 0.5) is 17.1 Å². The molecule has 6 rings (SSSR count). The third kappa shape index (κ3) is 6.49. The molecule has 0 N–H and O–H groups in total. The standard InChI is InChI=1S/C37H30ClN3/c38-33-20-24-35(25-21-33)41(37-17-9-15-32-14-7-8-16-36(32)37)39-26-29-18-22-34(23-19-29)40(27-30-10-3-1-4-11-30)28-31-12-5-2-6-13-31/h1-26H,27-28H2/b39-26+. The van der Waals surface area contributed by atoms with Crippen molar-refractivity contribution in [3.8, 4) is 0 Å². The van der Waals surface area contributed by atoms with Crippen molar-refractivity contribution in [3.63, 3.8) is 0 Å². The Labute approximate surface area is 246 Å². The molecule has 0 spiro atoms. The van der Waals surface area contributed by atoms with E-state index in [9.17, 15) is 0 Å². The van der Waals surface area contributed by atoms with Crippen LogP contribution in [-0.2, 0) is 13.1 Å². The van der Waals surface area contributed by atoms with Gasteiger partial charge in [-0.3, -0.25) is 0 Å². The SMILES string of the molecule is Clc1ccc(N(/N=C/c2ccc(N(Cc3ccccc3)Cc3ccccc3)cc2)c2cccc3ccccc23)cc1. The van der Waals surface area contributed by atoms with Gasteiger partial charge in [-0.1, -0.05) is 121 Å². The molecule has 4 heteroatoms. The van der Waals surface area contributed by atoms with Crippen molar-refractivity contribution in [2.45, 2.75) is 13.1 Å². The molecule has 41 heavy (non-hydrogen) atoms. The van der Waals surface area contributed by atoms with Crippen LogP contribution in [0, 0.1) is 0 Å². The highest BCUT2D eigenvalue weighted by atomic mass is 35.5. The Bertz CT molecular complexity index is 1680. The zero-order chi connectivity index (χ0) is 27.9. The third-order valence-electron chi connectivity index (χ3n) is 7.08. The maximum absolute atomic E-state index is 6.21. The summed E-state index contributed by atoms with van der Waals surface area (Å²) in [6.45, 7) is 1.66. The van der Waals surface area contributed by atoms with Crippen LogP contribution in [0.2, 0.25) is 5.02 Å². The van der Waals surface area contributed by atoms with Gasteiger partial charge in [-0.05, 0) is 64.5 Å². The van der Waals surface area contributed by atoms with Gasteiger partial charge in [0.15, 0.2) is 0 Å². The number of nitrogens with zero attached hydrogens (tertiary/aromatic N) is 3. The number of rotatable bonds is 9. The van der Waals surface area contributed by atoms with Gasteiger partial charge >= 0.3 is 0 Å². The zero-order valence-electron chi connectivity index (χ0n) is 22.6. The van der Waals surface area contributed by atoms with Crippen molar-refractivity contribution in [2.75, 3.05) is 9.91 Å². The minimum absolute atomic E-state index is 0.696. The van der Waals surface area contributed by atoms with E-state index in [1.807, 2.05) is 35.5 Å². The Kier molecular flexibility index (Phi) is 8.07. The predicted octanol–water partition coefficient (Wildman–Crippen LogP) is 9.87. The van der Waals surface area contributed by atoms with E-state index >= 15 is 0 Å². The fraction of sp³-hybridized carbons (Fsp3) is 0.0541. The lowest BCUT2D eigenvalue weighted by Crippen LogP contribution is -2.22. The molecule has 0 saturated carbocycles. The van der Waals surface area contributed by atoms with Crippen LogP contribution in [0.15, 0.2) is 157 Å². The molecule has 0 amide bonds. The molecule has 3 nitrogen and oxygen atoms in total. The topological polar surface area (TPSA) is 18.8 Å². The minimum Gasteiger partial charge on any atom is -0.363 e. The lowest BCUT2D eigenvalue weighted by Gasteiger charge is -2.25. The number of hydrogen-bond donors (Lipinski definition) is 0. The second-order valence-electron chi connectivity index (χ2n) is 9.95. The molecule has 0 fully saturated rings. The molecule has 0 saturated heterocycles. The number of hydrogen-bond acceptors (Lipinski definition) is 3. The molecule has 0 aromatic heterocycles. The Balaban J connectivity index is 1.30. The lowest BCUT2D eigenvalue weighted by atomic mass is 10.1. The van der Waals surface area contributed by atoms with Crippen LogP contribution in [0.1, 0.15) is 16.7 Å². The summed E-state index contributed by atoms with van der Waals surface area (Å²) in [4.78, 5) is 2.40. The molecule has 200 valence electrons. The van der Waals surface area contributed by atoms with Gasteiger partial charge in [-0.25, -0.2) is 5.01 Å². The quantitative estimate of drug-likeness (QED) is 0.131. The molecule has 0 radical (unpaired) electrons. The molecular formula is C37H30ClN3. The largest absolute Gasteiger partial charge is 0.363 e. The molecule has 0 aliphatic heterocycles. The Morgan fingerprint density at radius 1 is 0.537 bits per heavy atom. The van der Waals surface area contributed by atoms with E-state index in [1.165, 1.54) is 22.2 Å². The average Bonchev–Trinajstić information content (AvgIpc) is 3.03. The van der Waals surface area contributed by atoms with Gasteiger partial charge in [0.1, 0.15) is 0 Å². The van der Waals surface area contributed by atoms with Crippen LogP contribution in [0.3, 0.4) is 0 Å². The number of hydrazone groups is 1. The number of halogens is 1. The van der Waals surface area contributed by atoms with E-state index in [-0.39, 0.29) is 0 Å². The summed E-state index contributed by atoms with van der Waals surface area (Å²) in [6, 6.07) is 52.3. The number of fused-ring (bicyclic) bond motifs is 1. The summed E-state index contributed by atoms with van der Waals surface area (Å²) in [5.74, 6) is 0. The van der Waals surface area contributed by atoms with Gasteiger partial charge in [-0.2, -0.15) is 5.10 Å².